The van der Waals surface area contributed by atoms with E-state index >= 15 is 0 Å². The second kappa shape index (κ2) is 10.7. The monoisotopic (exact) mass is 430 g/mol. The number of para-hydroxylation sites is 2. The van der Waals surface area contributed by atoms with Gasteiger partial charge in [0.2, 0.25) is 0 Å². The van der Waals surface area contributed by atoms with Crippen molar-refractivity contribution in [3.8, 4) is 0 Å². The van der Waals surface area contributed by atoms with Crippen molar-refractivity contribution in [3.63, 3.8) is 0 Å². The number of esters is 1. The zero-order valence-electron chi connectivity index (χ0n) is 18.5. The lowest BCUT2D eigenvalue weighted by Crippen LogP contribution is -2.49. The van der Waals surface area contributed by atoms with Gasteiger partial charge >= 0.3 is 12.0 Å². The minimum Gasteiger partial charge on any atom is -0.456 e. The Morgan fingerprint density at radius 2 is 1.87 bits per heavy atom. The lowest BCUT2D eigenvalue weighted by atomic mass is 10.1. The SMILES string of the molecule is CCCCn1c(=O)c(CCC(=O)OCC(=O)NC(=O)NC(C)(C)C)nc2ccccc21. The van der Waals surface area contributed by atoms with E-state index in [0.717, 1.165) is 18.4 Å². The number of carbonyl (C=O) groups excluding carboxylic acids is 3. The average molecular weight is 431 g/mol. The van der Waals surface area contributed by atoms with Crippen molar-refractivity contribution >= 4 is 28.9 Å². The van der Waals surface area contributed by atoms with Crippen LogP contribution in [0.1, 0.15) is 52.7 Å². The first-order valence-corrected chi connectivity index (χ1v) is 10.4. The van der Waals surface area contributed by atoms with Crippen molar-refractivity contribution in [1.29, 1.82) is 0 Å². The number of carbonyl (C=O) groups is 3. The van der Waals surface area contributed by atoms with E-state index < -0.39 is 30.1 Å². The van der Waals surface area contributed by atoms with Crippen molar-refractivity contribution in [2.24, 2.45) is 0 Å². The molecule has 0 unspecified atom stereocenters. The molecule has 31 heavy (non-hydrogen) atoms. The standard InChI is InChI=1S/C22H30N4O5/c1-5-6-13-26-17-10-8-7-9-15(17)23-16(20(26)29)11-12-19(28)31-14-18(27)24-21(30)25-22(2,3)4/h7-10H,5-6,11-14H2,1-4H3,(H2,24,25,27,30). The van der Waals surface area contributed by atoms with Crippen molar-refractivity contribution in [1.82, 2.24) is 20.2 Å². The van der Waals surface area contributed by atoms with Crippen molar-refractivity contribution in [3.05, 3.63) is 40.3 Å². The number of nitrogens with one attached hydrogen (secondary N) is 2. The summed E-state index contributed by atoms with van der Waals surface area (Å²) in [6, 6.07) is 6.71. The van der Waals surface area contributed by atoms with Crippen molar-refractivity contribution in [2.45, 2.75) is 65.5 Å². The minimum atomic E-state index is -0.735. The third-order valence-corrected chi connectivity index (χ3v) is 4.33. The Bertz CT molecular complexity index is 1010. The number of amides is 3. The molecule has 2 rings (SSSR count). The summed E-state index contributed by atoms with van der Waals surface area (Å²) in [5, 5.41) is 4.66. The summed E-state index contributed by atoms with van der Waals surface area (Å²) in [4.78, 5) is 52.7. The number of aryl methyl sites for hydroxylation is 2. The third kappa shape index (κ3) is 7.51. The molecule has 2 N–H and O–H groups in total. The Balaban J connectivity index is 1.96. The molecule has 3 amide bonds. The van der Waals surface area contributed by atoms with Crippen LogP contribution >= 0.6 is 0 Å². The molecule has 0 fully saturated rings. The molecule has 1 heterocycles. The molecule has 1 aromatic heterocycles. The van der Waals surface area contributed by atoms with Crippen molar-refractivity contribution in [2.75, 3.05) is 6.61 Å². The Morgan fingerprint density at radius 3 is 2.55 bits per heavy atom. The molecule has 0 bridgehead atoms. The summed E-state index contributed by atoms with van der Waals surface area (Å²) in [6.07, 6.45) is 1.80. The van der Waals surface area contributed by atoms with E-state index in [9.17, 15) is 19.2 Å². The van der Waals surface area contributed by atoms with Gasteiger partial charge in [0.05, 0.1) is 17.5 Å². The lowest BCUT2D eigenvalue weighted by molar-refractivity contribution is -0.148. The van der Waals surface area contributed by atoms with Crippen LogP contribution in [0.5, 0.6) is 0 Å². The summed E-state index contributed by atoms with van der Waals surface area (Å²) in [6.45, 7) is 7.36. The van der Waals surface area contributed by atoms with E-state index in [2.05, 4.69) is 15.6 Å². The van der Waals surface area contributed by atoms with E-state index in [0.29, 0.717) is 12.1 Å². The summed E-state index contributed by atoms with van der Waals surface area (Å²) < 4.78 is 6.60. The number of imide groups is 1. The van der Waals surface area contributed by atoms with Gasteiger partial charge in [-0.3, -0.25) is 19.7 Å². The molecular formula is C22H30N4O5. The molecule has 0 atom stereocenters. The van der Waals surface area contributed by atoms with Gasteiger partial charge in [-0.2, -0.15) is 0 Å². The van der Waals surface area contributed by atoms with Crippen LogP contribution in [0.15, 0.2) is 29.1 Å². The molecule has 9 nitrogen and oxygen atoms in total. The van der Waals surface area contributed by atoms with E-state index in [4.69, 9.17) is 4.74 Å². The van der Waals surface area contributed by atoms with Crippen LogP contribution in [-0.4, -0.2) is 39.6 Å². The van der Waals surface area contributed by atoms with Crippen LogP contribution in [0, 0.1) is 0 Å². The number of fused-ring (bicyclic) bond motifs is 1. The maximum atomic E-state index is 12.8. The highest BCUT2D eigenvalue weighted by Gasteiger charge is 2.17. The summed E-state index contributed by atoms with van der Waals surface area (Å²) in [5.41, 5.74) is 0.998. The molecule has 9 heteroatoms. The molecule has 0 aliphatic heterocycles. The second-order valence-corrected chi connectivity index (χ2v) is 8.27. The molecule has 0 aliphatic rings. The molecule has 1 aromatic carbocycles. The van der Waals surface area contributed by atoms with Gasteiger partial charge in [-0.05, 0) is 39.3 Å². The predicted molar refractivity (Wildman–Crippen MR) is 117 cm³/mol. The number of unbranched alkanes of at least 4 members (excludes halogenated alkanes) is 1. The molecule has 2 aromatic rings. The molecule has 0 radical (unpaired) electrons. The first kappa shape index (κ1) is 24.0. The number of ether oxygens (including phenoxy) is 1. The Hall–Kier alpha value is -3.23. The first-order valence-electron chi connectivity index (χ1n) is 10.4. The van der Waals surface area contributed by atoms with Crippen LogP contribution in [0.3, 0.4) is 0 Å². The van der Waals surface area contributed by atoms with Gasteiger partial charge in [-0.1, -0.05) is 25.5 Å². The van der Waals surface area contributed by atoms with Crippen LogP contribution in [0.4, 0.5) is 4.79 Å². The number of hydrogen-bond acceptors (Lipinski definition) is 6. The van der Waals surface area contributed by atoms with Crippen LogP contribution < -0.4 is 16.2 Å². The molecular weight excluding hydrogens is 400 g/mol. The zero-order valence-corrected chi connectivity index (χ0v) is 18.5. The van der Waals surface area contributed by atoms with E-state index in [1.54, 1.807) is 25.3 Å². The highest BCUT2D eigenvalue weighted by Crippen LogP contribution is 2.12. The van der Waals surface area contributed by atoms with E-state index in [1.165, 1.54) is 0 Å². The predicted octanol–water partition coefficient (Wildman–Crippen LogP) is 2.30. The number of nitrogens with zero attached hydrogens (tertiary/aromatic N) is 2. The van der Waals surface area contributed by atoms with E-state index in [-0.39, 0.29) is 24.1 Å². The van der Waals surface area contributed by atoms with Crippen molar-refractivity contribution < 1.29 is 19.1 Å². The molecule has 168 valence electrons. The fraction of sp³-hybridized carbons (Fsp3) is 0.500. The molecule has 0 spiro atoms. The summed E-state index contributed by atoms with van der Waals surface area (Å²) >= 11 is 0. The first-order chi connectivity index (χ1) is 14.6. The maximum absolute atomic E-state index is 12.8. The zero-order chi connectivity index (χ0) is 23.0. The van der Waals surface area contributed by atoms with Crippen LogP contribution in [0.25, 0.3) is 11.0 Å². The number of rotatable bonds is 8. The molecule has 0 saturated heterocycles. The largest absolute Gasteiger partial charge is 0.456 e. The summed E-state index contributed by atoms with van der Waals surface area (Å²) in [5.74, 6) is -1.39. The number of benzene rings is 1. The fourth-order valence-corrected chi connectivity index (χ4v) is 2.92. The van der Waals surface area contributed by atoms with Gasteiger partial charge in [0.25, 0.3) is 11.5 Å². The van der Waals surface area contributed by atoms with E-state index in [1.807, 2.05) is 31.2 Å². The number of urea groups is 1. The van der Waals surface area contributed by atoms with Gasteiger partial charge in [0.15, 0.2) is 6.61 Å². The Labute approximate surface area is 181 Å². The topological polar surface area (TPSA) is 119 Å². The second-order valence-electron chi connectivity index (χ2n) is 8.27. The normalized spacial score (nSPS) is 11.2. The Kier molecular flexibility index (Phi) is 8.30. The van der Waals surface area contributed by atoms with Gasteiger partial charge in [0, 0.05) is 18.5 Å². The fourth-order valence-electron chi connectivity index (χ4n) is 2.92. The lowest BCUT2D eigenvalue weighted by Gasteiger charge is -2.20. The minimum absolute atomic E-state index is 0.0980. The average Bonchev–Trinajstić information content (AvgIpc) is 2.68. The number of hydrogen-bond donors (Lipinski definition) is 2. The van der Waals surface area contributed by atoms with Crippen LogP contribution in [-0.2, 0) is 27.3 Å². The summed E-state index contributed by atoms with van der Waals surface area (Å²) in [7, 11) is 0. The third-order valence-electron chi connectivity index (χ3n) is 4.33. The maximum Gasteiger partial charge on any atom is 0.321 e. The van der Waals surface area contributed by atoms with Gasteiger partial charge in [-0.25, -0.2) is 9.78 Å². The highest BCUT2D eigenvalue weighted by molar-refractivity contribution is 5.95. The van der Waals surface area contributed by atoms with Crippen LogP contribution in [0.2, 0.25) is 0 Å². The van der Waals surface area contributed by atoms with Gasteiger partial charge in [-0.15, -0.1) is 0 Å². The smallest absolute Gasteiger partial charge is 0.321 e. The van der Waals surface area contributed by atoms with Gasteiger partial charge in [0.1, 0.15) is 5.69 Å². The Morgan fingerprint density at radius 1 is 1.16 bits per heavy atom. The highest BCUT2D eigenvalue weighted by atomic mass is 16.5. The van der Waals surface area contributed by atoms with Gasteiger partial charge < -0.3 is 14.6 Å². The number of aromatic nitrogens is 2. The molecule has 0 aliphatic carbocycles. The quantitative estimate of drug-likeness (QED) is 0.620. The molecule has 0 saturated carbocycles.